The molecule has 1 unspecified atom stereocenters. The molecule has 0 bridgehead atoms. The number of aromatic nitrogens is 2. The Morgan fingerprint density at radius 2 is 2.38 bits per heavy atom. The molecule has 0 aliphatic heterocycles. The van der Waals surface area contributed by atoms with Crippen molar-refractivity contribution < 1.29 is 14.6 Å². The van der Waals surface area contributed by atoms with Crippen LogP contribution in [0.1, 0.15) is 10.4 Å². The molecule has 0 amide bonds. The summed E-state index contributed by atoms with van der Waals surface area (Å²) in [6, 6.07) is 6.87. The van der Waals surface area contributed by atoms with Gasteiger partial charge in [0.2, 0.25) is 0 Å². The maximum atomic E-state index is 11.6. The van der Waals surface area contributed by atoms with Crippen molar-refractivity contribution in [3.63, 3.8) is 0 Å². The zero-order chi connectivity index (χ0) is 15.2. The minimum atomic E-state index is -0.682. The summed E-state index contributed by atoms with van der Waals surface area (Å²) >= 11 is 5.58. The molecule has 1 atom stereocenters. The number of hydrogen-bond acceptors (Lipinski definition) is 5. The number of nitrogens with one attached hydrogen (secondary N) is 1. The Balaban J connectivity index is 2.33. The number of ether oxygens (including phenoxy) is 1. The van der Waals surface area contributed by atoms with Crippen LogP contribution in [-0.2, 0) is 4.74 Å². The van der Waals surface area contributed by atoms with Crippen LogP contribution < -0.4 is 5.32 Å². The summed E-state index contributed by atoms with van der Waals surface area (Å²) in [5.41, 5.74) is 1.83. The van der Waals surface area contributed by atoms with Crippen LogP contribution >= 0.6 is 11.6 Å². The average Bonchev–Trinajstić information content (AvgIpc) is 3.05. The monoisotopic (exact) mass is 309 g/mol. The number of nitrogens with zero attached hydrogens (tertiary/aromatic N) is 2. The maximum absolute atomic E-state index is 11.6. The van der Waals surface area contributed by atoms with E-state index in [2.05, 4.69) is 10.4 Å². The first-order chi connectivity index (χ1) is 10.2. The largest absolute Gasteiger partial charge is 0.465 e. The number of hydrogen-bond donors (Lipinski definition) is 2. The van der Waals surface area contributed by atoms with Crippen LogP contribution in [0.2, 0.25) is 0 Å². The van der Waals surface area contributed by atoms with Gasteiger partial charge in [0.25, 0.3) is 0 Å². The molecule has 2 rings (SSSR count). The van der Waals surface area contributed by atoms with Crippen LogP contribution in [0.25, 0.3) is 5.69 Å². The summed E-state index contributed by atoms with van der Waals surface area (Å²) in [5.74, 6) is -0.302. The van der Waals surface area contributed by atoms with Gasteiger partial charge >= 0.3 is 5.97 Å². The molecule has 0 radical (unpaired) electrons. The van der Waals surface area contributed by atoms with Gasteiger partial charge in [0.15, 0.2) is 0 Å². The van der Waals surface area contributed by atoms with E-state index in [1.54, 1.807) is 41.3 Å². The smallest absolute Gasteiger partial charge is 0.337 e. The van der Waals surface area contributed by atoms with Crippen molar-refractivity contribution in [3.8, 4) is 5.69 Å². The highest BCUT2D eigenvalue weighted by atomic mass is 35.5. The average molecular weight is 310 g/mol. The molecule has 112 valence electrons. The number of alkyl halides is 1. The molecule has 1 aromatic heterocycles. The van der Waals surface area contributed by atoms with Crippen molar-refractivity contribution in [2.24, 2.45) is 0 Å². The lowest BCUT2D eigenvalue weighted by molar-refractivity contribution is 0.0601. The molecule has 6 nitrogen and oxygen atoms in total. The molecule has 2 aromatic rings. The summed E-state index contributed by atoms with van der Waals surface area (Å²) in [6.07, 6.45) is 2.76. The van der Waals surface area contributed by atoms with Crippen LogP contribution in [0.4, 0.5) is 5.69 Å². The lowest BCUT2D eigenvalue weighted by Gasteiger charge is -2.15. The minimum Gasteiger partial charge on any atom is -0.465 e. The van der Waals surface area contributed by atoms with Gasteiger partial charge in [0, 0.05) is 18.9 Å². The summed E-state index contributed by atoms with van der Waals surface area (Å²) in [4.78, 5) is 11.6. The molecule has 21 heavy (non-hydrogen) atoms. The first-order valence-electron chi connectivity index (χ1n) is 6.36. The molecular formula is C14H16ClN3O3. The second-order valence-corrected chi connectivity index (χ2v) is 4.67. The van der Waals surface area contributed by atoms with E-state index in [4.69, 9.17) is 16.3 Å². The predicted octanol–water partition coefficient (Wildman–Crippen LogP) is 1.67. The van der Waals surface area contributed by atoms with Crippen LogP contribution in [0.5, 0.6) is 0 Å². The fraction of sp³-hybridized carbons (Fsp3) is 0.286. The summed E-state index contributed by atoms with van der Waals surface area (Å²) in [6.45, 7) is 0.266. The van der Waals surface area contributed by atoms with Gasteiger partial charge < -0.3 is 15.2 Å². The summed E-state index contributed by atoms with van der Waals surface area (Å²) < 4.78 is 6.37. The molecule has 0 saturated carbocycles. The summed E-state index contributed by atoms with van der Waals surface area (Å²) in [5, 5.41) is 16.8. The Morgan fingerprint density at radius 1 is 1.57 bits per heavy atom. The third kappa shape index (κ3) is 3.74. The number of methoxy groups -OCH3 is 1. The topological polar surface area (TPSA) is 76.4 Å². The predicted molar refractivity (Wildman–Crippen MR) is 80.1 cm³/mol. The van der Waals surface area contributed by atoms with E-state index in [1.807, 2.05) is 0 Å². The highest BCUT2D eigenvalue weighted by Crippen LogP contribution is 2.22. The summed E-state index contributed by atoms with van der Waals surface area (Å²) in [7, 11) is 1.33. The number of anilines is 1. The fourth-order valence-corrected chi connectivity index (χ4v) is 1.92. The van der Waals surface area contributed by atoms with Crippen LogP contribution in [0.15, 0.2) is 36.7 Å². The Kier molecular flexibility index (Phi) is 5.19. The third-order valence-electron chi connectivity index (χ3n) is 2.88. The first kappa shape index (κ1) is 15.3. The standard InChI is InChI=1S/C14H16ClN3O3/c1-21-14(20)10-3-4-13(18-6-2-5-17-18)12(7-10)16-9-11(19)8-15/h2-7,11,16,19H,8-9H2,1H3. The number of halogens is 1. The van der Waals surface area contributed by atoms with E-state index in [0.717, 1.165) is 5.69 Å². The SMILES string of the molecule is COC(=O)c1ccc(-n2cccn2)c(NCC(O)CCl)c1. The second kappa shape index (κ2) is 7.10. The molecule has 7 heteroatoms. The number of carbonyl (C=O) groups excluding carboxylic acids is 1. The van der Waals surface area contributed by atoms with Gasteiger partial charge in [-0.15, -0.1) is 11.6 Å². The Morgan fingerprint density at radius 3 is 3.00 bits per heavy atom. The van der Waals surface area contributed by atoms with E-state index in [1.165, 1.54) is 7.11 Å². The van der Waals surface area contributed by atoms with Crippen molar-refractivity contribution in [2.75, 3.05) is 24.9 Å². The number of benzene rings is 1. The Bertz CT molecular complexity index is 602. The molecule has 0 fully saturated rings. The molecule has 0 spiro atoms. The highest BCUT2D eigenvalue weighted by molar-refractivity contribution is 6.18. The highest BCUT2D eigenvalue weighted by Gasteiger charge is 2.12. The van der Waals surface area contributed by atoms with Gasteiger partial charge in [-0.25, -0.2) is 9.48 Å². The van der Waals surface area contributed by atoms with Gasteiger partial charge in [-0.05, 0) is 24.3 Å². The molecule has 0 saturated heterocycles. The molecule has 0 aliphatic rings. The number of esters is 1. The van der Waals surface area contributed by atoms with Crippen molar-refractivity contribution >= 4 is 23.3 Å². The van der Waals surface area contributed by atoms with Crippen molar-refractivity contribution in [1.82, 2.24) is 9.78 Å². The van der Waals surface area contributed by atoms with Crippen LogP contribution in [-0.4, -0.2) is 46.5 Å². The molecular weight excluding hydrogens is 294 g/mol. The van der Waals surface area contributed by atoms with Gasteiger partial charge in [-0.1, -0.05) is 0 Å². The molecule has 1 heterocycles. The van der Waals surface area contributed by atoms with E-state index >= 15 is 0 Å². The quantitative estimate of drug-likeness (QED) is 0.627. The zero-order valence-electron chi connectivity index (χ0n) is 11.5. The maximum Gasteiger partial charge on any atom is 0.337 e. The van der Waals surface area contributed by atoms with Crippen LogP contribution in [0.3, 0.4) is 0 Å². The van der Waals surface area contributed by atoms with E-state index in [0.29, 0.717) is 11.3 Å². The molecule has 1 aromatic carbocycles. The number of carbonyl (C=O) groups is 1. The van der Waals surface area contributed by atoms with Gasteiger partial charge in [0.1, 0.15) is 0 Å². The van der Waals surface area contributed by atoms with E-state index in [-0.39, 0.29) is 12.4 Å². The van der Waals surface area contributed by atoms with E-state index in [9.17, 15) is 9.90 Å². The fourth-order valence-electron chi connectivity index (χ4n) is 1.82. The molecule has 0 aliphatic carbocycles. The van der Waals surface area contributed by atoms with Crippen molar-refractivity contribution in [3.05, 3.63) is 42.2 Å². The minimum absolute atomic E-state index is 0.126. The lowest BCUT2D eigenvalue weighted by Crippen LogP contribution is -2.21. The number of rotatable bonds is 6. The number of aliphatic hydroxyl groups excluding tert-OH is 1. The normalized spacial score (nSPS) is 12.0. The van der Waals surface area contributed by atoms with Crippen molar-refractivity contribution in [2.45, 2.75) is 6.10 Å². The van der Waals surface area contributed by atoms with Crippen LogP contribution in [0, 0.1) is 0 Å². The zero-order valence-corrected chi connectivity index (χ0v) is 12.2. The number of aliphatic hydroxyl groups is 1. The third-order valence-corrected chi connectivity index (χ3v) is 3.23. The molecule has 2 N–H and O–H groups in total. The first-order valence-corrected chi connectivity index (χ1v) is 6.89. The Labute approximate surface area is 127 Å². The van der Waals surface area contributed by atoms with Crippen molar-refractivity contribution in [1.29, 1.82) is 0 Å². The van der Waals surface area contributed by atoms with Gasteiger partial charge in [0.05, 0.1) is 36.0 Å². The Hall–Kier alpha value is -2.05. The van der Waals surface area contributed by atoms with E-state index < -0.39 is 12.1 Å². The lowest BCUT2D eigenvalue weighted by atomic mass is 10.1. The van der Waals surface area contributed by atoms with Gasteiger partial charge in [-0.3, -0.25) is 0 Å². The second-order valence-electron chi connectivity index (χ2n) is 4.36. The van der Waals surface area contributed by atoms with Gasteiger partial charge in [-0.2, -0.15) is 5.10 Å².